The van der Waals surface area contributed by atoms with Crippen LogP contribution in [0.5, 0.6) is 5.75 Å². The molecule has 3 rings (SSSR count). The average Bonchev–Trinajstić information content (AvgIpc) is 2.56. The summed E-state index contributed by atoms with van der Waals surface area (Å²) in [5, 5.41) is 10.4. The molecule has 2 aromatic carbocycles. The molecule has 1 heterocycles. The van der Waals surface area contributed by atoms with E-state index in [4.69, 9.17) is 4.74 Å². The molecule has 0 bridgehead atoms. The highest BCUT2D eigenvalue weighted by Crippen LogP contribution is 2.16. The summed E-state index contributed by atoms with van der Waals surface area (Å²) >= 11 is 0. The second kappa shape index (κ2) is 6.80. The highest BCUT2D eigenvalue weighted by Gasteiger charge is 2.11. The second-order valence-corrected chi connectivity index (χ2v) is 5.59. The Labute approximate surface area is 138 Å². The molecule has 3 aromatic rings. The molecular weight excluding hydrogens is 311 g/mol. The lowest BCUT2D eigenvalue weighted by Gasteiger charge is -2.15. The number of halogens is 1. The van der Waals surface area contributed by atoms with Crippen molar-refractivity contribution in [2.45, 2.75) is 19.6 Å². The summed E-state index contributed by atoms with van der Waals surface area (Å²) in [6.45, 7) is 2.02. The minimum atomic E-state index is -0.873. The van der Waals surface area contributed by atoms with Gasteiger partial charge in [0.05, 0.1) is 23.8 Å². The predicted octanol–water partition coefficient (Wildman–Crippen LogP) is 2.28. The number of ether oxygens (including phenoxy) is 1. The summed E-state index contributed by atoms with van der Waals surface area (Å²) in [4.78, 5) is 16.4. The smallest absolute Gasteiger partial charge is 0.261 e. The van der Waals surface area contributed by atoms with Gasteiger partial charge in [-0.3, -0.25) is 9.36 Å². The Morgan fingerprint density at radius 3 is 2.88 bits per heavy atom. The molecule has 1 atom stereocenters. The number of aliphatic hydroxyl groups is 1. The van der Waals surface area contributed by atoms with E-state index < -0.39 is 11.9 Å². The summed E-state index contributed by atoms with van der Waals surface area (Å²) in [5.41, 5.74) is 0.938. The molecule has 0 amide bonds. The molecule has 1 aromatic heterocycles. The van der Waals surface area contributed by atoms with E-state index in [1.54, 1.807) is 0 Å². The number of fused-ring (bicyclic) bond motifs is 1. The standard InChI is InChI=1S/C18H17FN2O3/c1-12-4-2-3-5-17(12)24-10-14(22)9-21-11-20-16-8-13(19)6-7-15(16)18(21)23/h2-8,11,14,22H,9-10H2,1H3. The monoisotopic (exact) mass is 328 g/mol. The van der Waals surface area contributed by atoms with Gasteiger partial charge in [0.25, 0.3) is 5.56 Å². The van der Waals surface area contributed by atoms with E-state index in [-0.39, 0.29) is 18.7 Å². The molecule has 0 spiro atoms. The summed E-state index contributed by atoms with van der Waals surface area (Å²) in [6.07, 6.45) is 0.433. The summed E-state index contributed by atoms with van der Waals surface area (Å²) < 4.78 is 20.0. The number of para-hydroxylation sites is 1. The molecule has 0 fully saturated rings. The van der Waals surface area contributed by atoms with Gasteiger partial charge in [-0.25, -0.2) is 9.37 Å². The molecule has 24 heavy (non-hydrogen) atoms. The van der Waals surface area contributed by atoms with Crippen molar-refractivity contribution in [3.63, 3.8) is 0 Å². The fourth-order valence-corrected chi connectivity index (χ4v) is 2.45. The van der Waals surface area contributed by atoms with Crippen LogP contribution in [0.25, 0.3) is 10.9 Å². The van der Waals surface area contributed by atoms with E-state index in [0.29, 0.717) is 16.7 Å². The highest BCUT2D eigenvalue weighted by molar-refractivity contribution is 5.77. The van der Waals surface area contributed by atoms with Crippen LogP contribution in [0.2, 0.25) is 0 Å². The van der Waals surface area contributed by atoms with Crippen LogP contribution >= 0.6 is 0 Å². The third-order valence-corrected chi connectivity index (χ3v) is 3.72. The normalized spacial score (nSPS) is 12.3. The minimum absolute atomic E-state index is 0.0467. The van der Waals surface area contributed by atoms with Gasteiger partial charge in [0.1, 0.15) is 24.3 Å². The van der Waals surface area contributed by atoms with Crippen molar-refractivity contribution in [3.05, 3.63) is 70.5 Å². The maximum absolute atomic E-state index is 13.2. The van der Waals surface area contributed by atoms with Crippen LogP contribution in [-0.2, 0) is 6.54 Å². The molecule has 1 N–H and O–H groups in total. The van der Waals surface area contributed by atoms with Crippen LogP contribution in [0, 0.1) is 12.7 Å². The SMILES string of the molecule is Cc1ccccc1OCC(O)Cn1cnc2cc(F)ccc2c1=O. The lowest BCUT2D eigenvalue weighted by atomic mass is 10.2. The molecule has 1 unspecified atom stereocenters. The average molecular weight is 328 g/mol. The quantitative estimate of drug-likeness (QED) is 0.780. The summed E-state index contributed by atoms with van der Waals surface area (Å²) in [6, 6.07) is 11.3. The van der Waals surface area contributed by atoms with Crippen LogP contribution < -0.4 is 10.3 Å². The van der Waals surface area contributed by atoms with Crippen LogP contribution in [0.15, 0.2) is 53.6 Å². The Morgan fingerprint density at radius 1 is 1.29 bits per heavy atom. The van der Waals surface area contributed by atoms with Crippen LogP contribution in [0.4, 0.5) is 4.39 Å². The van der Waals surface area contributed by atoms with Crippen molar-refractivity contribution in [3.8, 4) is 5.75 Å². The van der Waals surface area contributed by atoms with Crippen LogP contribution in [0.1, 0.15) is 5.56 Å². The number of aliphatic hydroxyl groups excluding tert-OH is 1. The van der Waals surface area contributed by atoms with Gasteiger partial charge in [0.2, 0.25) is 0 Å². The van der Waals surface area contributed by atoms with Crippen LogP contribution in [0.3, 0.4) is 0 Å². The molecule has 0 saturated heterocycles. The van der Waals surface area contributed by atoms with Crippen molar-refractivity contribution in [2.75, 3.05) is 6.61 Å². The van der Waals surface area contributed by atoms with Crippen molar-refractivity contribution in [2.24, 2.45) is 0 Å². The van der Waals surface area contributed by atoms with Crippen molar-refractivity contribution in [1.29, 1.82) is 0 Å². The Balaban J connectivity index is 1.72. The largest absolute Gasteiger partial charge is 0.491 e. The predicted molar refractivity (Wildman–Crippen MR) is 88.6 cm³/mol. The van der Waals surface area contributed by atoms with E-state index >= 15 is 0 Å². The molecule has 0 saturated carbocycles. The first-order chi connectivity index (χ1) is 11.5. The van der Waals surface area contributed by atoms with Gasteiger partial charge in [0.15, 0.2) is 0 Å². The lowest BCUT2D eigenvalue weighted by molar-refractivity contribution is 0.0911. The zero-order chi connectivity index (χ0) is 17.1. The van der Waals surface area contributed by atoms with Gasteiger partial charge < -0.3 is 9.84 Å². The second-order valence-electron chi connectivity index (χ2n) is 5.59. The molecule has 0 aliphatic carbocycles. The van der Waals surface area contributed by atoms with Gasteiger partial charge in [-0.05, 0) is 30.7 Å². The van der Waals surface area contributed by atoms with E-state index in [2.05, 4.69) is 4.98 Å². The number of aromatic nitrogens is 2. The van der Waals surface area contributed by atoms with E-state index in [1.807, 2.05) is 31.2 Å². The summed E-state index contributed by atoms with van der Waals surface area (Å²) in [7, 11) is 0. The van der Waals surface area contributed by atoms with Crippen molar-refractivity contribution in [1.82, 2.24) is 9.55 Å². The number of benzene rings is 2. The topological polar surface area (TPSA) is 64.3 Å². The van der Waals surface area contributed by atoms with Gasteiger partial charge in [-0.2, -0.15) is 0 Å². The van der Waals surface area contributed by atoms with Gasteiger partial charge >= 0.3 is 0 Å². The van der Waals surface area contributed by atoms with Crippen molar-refractivity contribution < 1.29 is 14.2 Å². The Bertz CT molecular complexity index is 924. The highest BCUT2D eigenvalue weighted by atomic mass is 19.1. The third kappa shape index (κ3) is 3.44. The Kier molecular flexibility index (Phi) is 4.57. The van der Waals surface area contributed by atoms with E-state index in [0.717, 1.165) is 5.56 Å². The maximum Gasteiger partial charge on any atom is 0.261 e. The number of aryl methyl sites for hydroxylation is 1. The summed E-state index contributed by atoms with van der Waals surface area (Å²) in [5.74, 6) is 0.245. The molecule has 6 heteroatoms. The molecule has 5 nitrogen and oxygen atoms in total. The fraction of sp³-hybridized carbons (Fsp3) is 0.222. The molecular formula is C18H17FN2O3. The number of rotatable bonds is 5. The van der Waals surface area contributed by atoms with Crippen LogP contribution in [-0.4, -0.2) is 27.4 Å². The number of nitrogens with zero attached hydrogens (tertiary/aromatic N) is 2. The molecule has 0 radical (unpaired) electrons. The third-order valence-electron chi connectivity index (χ3n) is 3.72. The molecule has 0 aliphatic rings. The maximum atomic E-state index is 13.2. The first-order valence-corrected chi connectivity index (χ1v) is 7.56. The first kappa shape index (κ1) is 16.1. The minimum Gasteiger partial charge on any atom is -0.491 e. The van der Waals surface area contributed by atoms with E-state index in [1.165, 1.54) is 29.1 Å². The van der Waals surface area contributed by atoms with Gasteiger partial charge in [0, 0.05) is 6.07 Å². The fourth-order valence-electron chi connectivity index (χ4n) is 2.45. The van der Waals surface area contributed by atoms with Crippen molar-refractivity contribution >= 4 is 10.9 Å². The van der Waals surface area contributed by atoms with Gasteiger partial charge in [-0.1, -0.05) is 18.2 Å². The lowest BCUT2D eigenvalue weighted by Crippen LogP contribution is -2.30. The molecule has 0 aliphatic heterocycles. The number of hydrogen-bond acceptors (Lipinski definition) is 4. The van der Waals surface area contributed by atoms with Gasteiger partial charge in [-0.15, -0.1) is 0 Å². The number of hydrogen-bond donors (Lipinski definition) is 1. The van der Waals surface area contributed by atoms with E-state index in [9.17, 15) is 14.3 Å². The zero-order valence-corrected chi connectivity index (χ0v) is 13.1. The Morgan fingerprint density at radius 2 is 2.08 bits per heavy atom. The molecule has 124 valence electrons. The first-order valence-electron chi connectivity index (χ1n) is 7.56. The Hall–Kier alpha value is -2.73. The zero-order valence-electron chi connectivity index (χ0n) is 13.1.